The molecule has 2 aliphatic rings. The van der Waals surface area contributed by atoms with Gasteiger partial charge in [0, 0.05) is 0 Å². The Morgan fingerprint density at radius 1 is 0.667 bits per heavy atom. The van der Waals surface area contributed by atoms with Crippen LogP contribution in [0.25, 0.3) is 27.6 Å². The maximum absolute atomic E-state index is 2.35. The number of rotatable bonds is 0. The van der Waals surface area contributed by atoms with E-state index >= 15 is 0 Å². The van der Waals surface area contributed by atoms with Gasteiger partial charge in [0.25, 0.3) is 0 Å². The Bertz CT molecular complexity index is 1240. The van der Waals surface area contributed by atoms with Crippen LogP contribution in [0.4, 0.5) is 0 Å². The summed E-state index contributed by atoms with van der Waals surface area (Å²) >= 11 is 0. The Labute approximate surface area is 180 Å². The van der Waals surface area contributed by atoms with Crippen molar-refractivity contribution in [3.8, 4) is 0 Å². The lowest BCUT2D eigenvalue weighted by molar-refractivity contribution is 0.529. The van der Waals surface area contributed by atoms with Gasteiger partial charge in [-0.2, -0.15) is 0 Å². The predicted molar refractivity (Wildman–Crippen MR) is 131 cm³/mol. The summed E-state index contributed by atoms with van der Waals surface area (Å²) in [6.07, 6.45) is 10.9. The first-order chi connectivity index (χ1) is 14.6. The first-order valence-electron chi connectivity index (χ1n) is 11.3. The van der Waals surface area contributed by atoms with E-state index in [-0.39, 0.29) is 0 Å². The summed E-state index contributed by atoms with van der Waals surface area (Å²) in [4.78, 5) is 0. The van der Waals surface area contributed by atoms with Gasteiger partial charge in [0.15, 0.2) is 0 Å². The molecule has 0 aliphatic heterocycles. The molecule has 6 rings (SSSR count). The molecule has 0 fully saturated rings. The third-order valence-electron chi connectivity index (χ3n) is 6.87. The van der Waals surface area contributed by atoms with E-state index in [2.05, 4.69) is 98.8 Å². The van der Waals surface area contributed by atoms with Crippen LogP contribution >= 0.6 is 0 Å². The summed E-state index contributed by atoms with van der Waals surface area (Å²) in [5, 5.41) is 5.64. The minimum atomic E-state index is 0.325. The first-order valence-corrected chi connectivity index (χ1v) is 11.3. The Hall–Kier alpha value is -2.86. The molecule has 0 spiro atoms. The van der Waals surface area contributed by atoms with Gasteiger partial charge in [-0.15, -0.1) is 0 Å². The molecule has 0 heterocycles. The molecule has 0 bridgehead atoms. The average molecular weight is 391 g/mol. The zero-order valence-electron chi connectivity index (χ0n) is 18.1. The largest absolute Gasteiger partial charge is 0.0831 e. The smallest absolute Gasteiger partial charge is 0.00631 e. The van der Waals surface area contributed by atoms with E-state index < -0.39 is 0 Å². The number of hydrogen-bond donors (Lipinski definition) is 0. The molecule has 0 N–H and O–H groups in total. The number of benzene rings is 4. The van der Waals surface area contributed by atoms with Crippen molar-refractivity contribution in [3.63, 3.8) is 0 Å². The molecule has 0 saturated carbocycles. The van der Waals surface area contributed by atoms with E-state index in [4.69, 9.17) is 0 Å². The van der Waals surface area contributed by atoms with Crippen molar-refractivity contribution in [1.29, 1.82) is 0 Å². The summed E-state index contributed by atoms with van der Waals surface area (Å²) < 4.78 is 0. The van der Waals surface area contributed by atoms with E-state index in [1.807, 2.05) is 0 Å². The van der Waals surface area contributed by atoms with E-state index in [1.165, 1.54) is 58.4 Å². The lowest BCUT2D eigenvalue weighted by Crippen LogP contribution is -2.19. The monoisotopic (exact) mass is 390 g/mol. The van der Waals surface area contributed by atoms with E-state index in [0.717, 1.165) is 6.42 Å². The molecule has 0 saturated heterocycles. The molecule has 4 aromatic rings. The highest BCUT2D eigenvalue weighted by Crippen LogP contribution is 2.35. The van der Waals surface area contributed by atoms with Gasteiger partial charge in [-0.25, -0.2) is 0 Å². The normalized spacial score (nSPS) is 16.5. The maximum atomic E-state index is 2.35. The minimum absolute atomic E-state index is 0.325. The van der Waals surface area contributed by atoms with Gasteiger partial charge in [0.2, 0.25) is 0 Å². The van der Waals surface area contributed by atoms with Crippen molar-refractivity contribution < 1.29 is 0 Å². The van der Waals surface area contributed by atoms with Gasteiger partial charge >= 0.3 is 0 Å². The Balaban J connectivity index is 0.000000140. The Morgan fingerprint density at radius 3 is 2.33 bits per heavy atom. The second-order valence-electron chi connectivity index (χ2n) is 9.37. The van der Waals surface area contributed by atoms with E-state index in [0.29, 0.717) is 5.41 Å². The molecule has 0 atom stereocenters. The molecule has 30 heavy (non-hydrogen) atoms. The molecule has 0 aromatic heterocycles. The van der Waals surface area contributed by atoms with Crippen molar-refractivity contribution >= 4 is 27.6 Å². The van der Waals surface area contributed by atoms with Crippen LogP contribution in [0.1, 0.15) is 55.4 Å². The highest BCUT2D eigenvalue weighted by Gasteiger charge is 2.23. The molecule has 4 aromatic carbocycles. The van der Waals surface area contributed by atoms with Crippen molar-refractivity contribution in [1.82, 2.24) is 0 Å². The van der Waals surface area contributed by atoms with Crippen molar-refractivity contribution in [2.24, 2.45) is 0 Å². The van der Waals surface area contributed by atoms with Crippen LogP contribution in [0.2, 0.25) is 0 Å². The fourth-order valence-electron chi connectivity index (χ4n) is 5.19. The van der Waals surface area contributed by atoms with Gasteiger partial charge in [-0.3, -0.25) is 0 Å². The molecule has 0 nitrogen and oxygen atoms in total. The van der Waals surface area contributed by atoms with Crippen LogP contribution in [-0.2, 0) is 18.3 Å². The van der Waals surface area contributed by atoms with Crippen LogP contribution in [0.3, 0.4) is 0 Å². The molecule has 0 amide bonds. The maximum Gasteiger partial charge on any atom is -0.00631 e. The summed E-state index contributed by atoms with van der Waals surface area (Å²) in [6.45, 7) is 4.60. The van der Waals surface area contributed by atoms with Gasteiger partial charge in [-0.1, -0.05) is 98.8 Å². The lowest BCUT2D eigenvalue weighted by atomic mass is 9.76. The zero-order chi connectivity index (χ0) is 20.6. The summed E-state index contributed by atoms with van der Waals surface area (Å²) in [7, 11) is 0. The summed E-state index contributed by atoms with van der Waals surface area (Å²) in [6, 6.07) is 26.6. The van der Waals surface area contributed by atoms with Crippen LogP contribution < -0.4 is 0 Å². The molecule has 0 radical (unpaired) electrons. The first kappa shape index (κ1) is 19.1. The van der Waals surface area contributed by atoms with Crippen LogP contribution in [0.15, 0.2) is 78.9 Å². The van der Waals surface area contributed by atoms with Crippen LogP contribution in [-0.4, -0.2) is 0 Å². The number of aryl methyl sites for hydroxylation is 2. The topological polar surface area (TPSA) is 0 Å². The number of allylic oxidation sites excluding steroid dienone is 1. The fraction of sp³-hybridized carbons (Fsp3) is 0.267. The molecule has 2 aliphatic carbocycles. The Kier molecular flexibility index (Phi) is 4.95. The van der Waals surface area contributed by atoms with E-state index in [9.17, 15) is 0 Å². The fourth-order valence-corrected chi connectivity index (χ4v) is 5.19. The second-order valence-corrected chi connectivity index (χ2v) is 9.37. The highest BCUT2D eigenvalue weighted by molar-refractivity contribution is 6.08. The molecular formula is C30H30. The van der Waals surface area contributed by atoms with Crippen LogP contribution in [0.5, 0.6) is 0 Å². The second kappa shape index (κ2) is 7.76. The van der Waals surface area contributed by atoms with Crippen molar-refractivity contribution in [3.05, 3.63) is 101 Å². The molecule has 150 valence electrons. The predicted octanol–water partition coefficient (Wildman–Crippen LogP) is 8.25. The van der Waals surface area contributed by atoms with Gasteiger partial charge < -0.3 is 0 Å². The third kappa shape index (κ3) is 3.45. The van der Waals surface area contributed by atoms with Crippen molar-refractivity contribution in [2.75, 3.05) is 0 Å². The quantitative estimate of drug-likeness (QED) is 0.265. The zero-order valence-corrected chi connectivity index (χ0v) is 18.1. The standard InChI is InChI=1S/C18H16.C12H14/c1-3-7-15-13(5-1)9-11-18-16-8-4-2-6-14(16)10-12-17(15)18;1-12(2)9-5-7-10-6-3-4-8-11(10)12/h1,3,5,7,9-12H,2,4,6,8H2;3-8H,9H2,1-2H3. The molecule has 0 unspecified atom stereocenters. The van der Waals surface area contributed by atoms with Gasteiger partial charge in [-0.05, 0) is 81.3 Å². The van der Waals surface area contributed by atoms with Gasteiger partial charge in [0.05, 0.1) is 0 Å². The minimum Gasteiger partial charge on any atom is -0.0831 e. The molecule has 0 heteroatoms. The summed E-state index contributed by atoms with van der Waals surface area (Å²) in [5.41, 5.74) is 6.36. The molecular weight excluding hydrogens is 360 g/mol. The third-order valence-corrected chi connectivity index (χ3v) is 6.87. The lowest BCUT2D eigenvalue weighted by Gasteiger charge is -2.28. The number of hydrogen-bond acceptors (Lipinski definition) is 0. The average Bonchev–Trinajstić information content (AvgIpc) is 2.79. The highest BCUT2D eigenvalue weighted by atomic mass is 14.3. The Morgan fingerprint density at radius 2 is 1.43 bits per heavy atom. The summed E-state index contributed by atoms with van der Waals surface area (Å²) in [5.74, 6) is 0. The SMILES string of the molecule is CC1(C)CC=Cc2ccccc21.c1ccc2c(c1)ccc1c3c(ccc12)CCCC3. The van der Waals surface area contributed by atoms with Gasteiger partial charge in [0.1, 0.15) is 0 Å². The van der Waals surface area contributed by atoms with Crippen molar-refractivity contribution in [2.45, 2.75) is 51.4 Å². The van der Waals surface area contributed by atoms with Crippen LogP contribution in [0, 0.1) is 0 Å². The number of fused-ring (bicyclic) bond motifs is 6. The van der Waals surface area contributed by atoms with E-state index in [1.54, 1.807) is 11.1 Å².